The van der Waals surface area contributed by atoms with Crippen LogP contribution in [0, 0.1) is 0 Å². The second-order valence-corrected chi connectivity index (χ2v) is 3.40. The molecule has 0 aliphatic carbocycles. The van der Waals surface area contributed by atoms with E-state index in [1.54, 1.807) is 12.1 Å². The van der Waals surface area contributed by atoms with E-state index in [4.69, 9.17) is 5.73 Å². The summed E-state index contributed by atoms with van der Waals surface area (Å²) in [5.74, 6) is -0.833. The van der Waals surface area contributed by atoms with E-state index in [1.807, 2.05) is 18.2 Å². The summed E-state index contributed by atoms with van der Waals surface area (Å²) < 4.78 is 4.57. The molecule has 90 valence electrons. The number of methoxy groups -OCH3 is 1. The molecule has 0 amide bonds. The number of nitrogen functional groups attached to an aromatic ring is 1. The minimum Gasteiger partial charge on any atom is -0.505 e. The van der Waals surface area contributed by atoms with Gasteiger partial charge >= 0.3 is 5.97 Å². The molecule has 0 saturated carbocycles. The largest absolute Gasteiger partial charge is 0.505 e. The van der Waals surface area contributed by atoms with Gasteiger partial charge in [-0.05, 0) is 11.5 Å². The Bertz CT molecular complexity index is 569. The summed E-state index contributed by atoms with van der Waals surface area (Å²) in [7, 11) is 1.26. The van der Waals surface area contributed by atoms with Gasteiger partial charge in [-0.2, -0.15) is 0 Å². The van der Waals surface area contributed by atoms with Crippen molar-refractivity contribution in [3.8, 4) is 5.75 Å². The number of hydrogen-bond donors (Lipinski definition) is 2. The van der Waals surface area contributed by atoms with Crippen molar-refractivity contribution >= 4 is 34.8 Å². The number of fused-ring (bicyclic) bond motifs is 1. The quantitative estimate of drug-likeness (QED) is 0.465. The van der Waals surface area contributed by atoms with Gasteiger partial charge in [0, 0.05) is 5.39 Å². The average Bonchev–Trinajstić information content (AvgIpc) is 2.33. The van der Waals surface area contributed by atoms with Crippen LogP contribution in [-0.4, -0.2) is 18.2 Å². The summed E-state index contributed by atoms with van der Waals surface area (Å²) in [6.45, 7) is 0. The lowest BCUT2D eigenvalue weighted by Gasteiger charge is -2.08. The van der Waals surface area contributed by atoms with E-state index in [1.165, 1.54) is 7.11 Å². The van der Waals surface area contributed by atoms with Gasteiger partial charge < -0.3 is 15.6 Å². The molecule has 17 heavy (non-hydrogen) atoms. The van der Waals surface area contributed by atoms with Gasteiger partial charge in [0.2, 0.25) is 0 Å². The predicted octanol–water partition coefficient (Wildman–Crippen LogP) is 2.34. The Morgan fingerprint density at radius 3 is 2.65 bits per heavy atom. The van der Waals surface area contributed by atoms with Crippen LogP contribution in [0.5, 0.6) is 5.75 Å². The fraction of sp³-hybridized carbons (Fsp3) is 0.0833. The van der Waals surface area contributed by atoms with Gasteiger partial charge in [0.05, 0.1) is 12.8 Å². The van der Waals surface area contributed by atoms with E-state index < -0.39 is 5.97 Å². The van der Waals surface area contributed by atoms with Crippen molar-refractivity contribution in [2.24, 2.45) is 0 Å². The zero-order chi connectivity index (χ0) is 11.7. The summed E-state index contributed by atoms with van der Waals surface area (Å²) in [5.41, 5.74) is 6.03. The van der Waals surface area contributed by atoms with E-state index in [-0.39, 0.29) is 29.4 Å². The SMILES string of the molecule is COC(=O)c1cc2ccccc2c(N)c1O.Cl. The first kappa shape index (κ1) is 13.1. The second-order valence-electron chi connectivity index (χ2n) is 3.40. The van der Waals surface area contributed by atoms with E-state index in [2.05, 4.69) is 4.74 Å². The van der Waals surface area contributed by atoms with E-state index in [0.29, 0.717) is 5.39 Å². The topological polar surface area (TPSA) is 72.5 Å². The zero-order valence-electron chi connectivity index (χ0n) is 9.14. The second kappa shape index (κ2) is 4.93. The van der Waals surface area contributed by atoms with Crippen molar-refractivity contribution in [3.63, 3.8) is 0 Å². The summed E-state index contributed by atoms with van der Waals surface area (Å²) in [6.07, 6.45) is 0. The third-order valence-corrected chi connectivity index (χ3v) is 2.47. The summed E-state index contributed by atoms with van der Waals surface area (Å²) in [5, 5.41) is 11.3. The number of nitrogens with two attached hydrogens (primary N) is 1. The molecule has 3 N–H and O–H groups in total. The lowest BCUT2D eigenvalue weighted by molar-refractivity contribution is 0.0598. The van der Waals surface area contributed by atoms with Crippen LogP contribution in [0.2, 0.25) is 0 Å². The normalized spacial score (nSPS) is 9.71. The van der Waals surface area contributed by atoms with Gasteiger partial charge in [-0.15, -0.1) is 12.4 Å². The minimum absolute atomic E-state index is 0. The molecule has 4 nitrogen and oxygen atoms in total. The van der Waals surface area contributed by atoms with Gasteiger partial charge in [-0.25, -0.2) is 4.79 Å². The van der Waals surface area contributed by atoms with Crippen LogP contribution < -0.4 is 5.73 Å². The number of esters is 1. The number of phenolic OH excluding ortho intramolecular Hbond substituents is 1. The third-order valence-electron chi connectivity index (χ3n) is 2.47. The van der Waals surface area contributed by atoms with Crippen LogP contribution in [0.1, 0.15) is 10.4 Å². The predicted molar refractivity (Wildman–Crippen MR) is 68.6 cm³/mol. The molecule has 5 heteroatoms. The number of aromatic hydroxyl groups is 1. The number of halogens is 1. The number of carbonyl (C=O) groups excluding carboxylic acids is 1. The first-order chi connectivity index (χ1) is 7.65. The summed E-state index contributed by atoms with van der Waals surface area (Å²) in [6, 6.07) is 8.81. The van der Waals surface area contributed by atoms with Crippen molar-refractivity contribution < 1.29 is 14.6 Å². The van der Waals surface area contributed by atoms with Crippen molar-refractivity contribution in [1.29, 1.82) is 0 Å². The van der Waals surface area contributed by atoms with Crippen molar-refractivity contribution in [2.45, 2.75) is 0 Å². The van der Waals surface area contributed by atoms with Crippen molar-refractivity contribution in [1.82, 2.24) is 0 Å². The number of benzene rings is 2. The molecule has 2 rings (SSSR count). The molecule has 0 saturated heterocycles. The Labute approximate surface area is 104 Å². The molecule has 0 aromatic heterocycles. The molecule has 0 spiro atoms. The molecule has 0 radical (unpaired) electrons. The lowest BCUT2D eigenvalue weighted by Crippen LogP contribution is -2.03. The van der Waals surface area contributed by atoms with Crippen LogP contribution in [0.4, 0.5) is 5.69 Å². The van der Waals surface area contributed by atoms with Crippen LogP contribution in [0.15, 0.2) is 30.3 Å². The van der Waals surface area contributed by atoms with Gasteiger partial charge in [0.15, 0.2) is 5.75 Å². The van der Waals surface area contributed by atoms with Gasteiger partial charge in [0.25, 0.3) is 0 Å². The molecule has 2 aromatic rings. The highest BCUT2D eigenvalue weighted by atomic mass is 35.5. The summed E-state index contributed by atoms with van der Waals surface area (Å²) in [4.78, 5) is 11.4. The molecule has 0 bridgehead atoms. The lowest BCUT2D eigenvalue weighted by atomic mass is 10.0. The Morgan fingerprint density at radius 2 is 2.00 bits per heavy atom. The van der Waals surface area contributed by atoms with Crippen molar-refractivity contribution in [2.75, 3.05) is 12.8 Å². The number of phenols is 1. The molecule has 2 aromatic carbocycles. The van der Waals surface area contributed by atoms with Crippen LogP contribution in [0.3, 0.4) is 0 Å². The van der Waals surface area contributed by atoms with Gasteiger partial charge in [0.1, 0.15) is 5.56 Å². The number of rotatable bonds is 1. The van der Waals surface area contributed by atoms with Crippen molar-refractivity contribution in [3.05, 3.63) is 35.9 Å². The highest BCUT2D eigenvalue weighted by molar-refractivity contribution is 6.05. The van der Waals surface area contributed by atoms with Gasteiger partial charge in [-0.3, -0.25) is 0 Å². The highest BCUT2D eigenvalue weighted by Gasteiger charge is 2.16. The third kappa shape index (κ3) is 2.12. The van der Waals surface area contributed by atoms with E-state index >= 15 is 0 Å². The van der Waals surface area contributed by atoms with Crippen LogP contribution in [-0.2, 0) is 4.74 Å². The maximum Gasteiger partial charge on any atom is 0.341 e. The minimum atomic E-state index is -0.602. The molecule has 0 aliphatic heterocycles. The van der Waals surface area contributed by atoms with Crippen LogP contribution in [0.25, 0.3) is 10.8 Å². The highest BCUT2D eigenvalue weighted by Crippen LogP contribution is 2.33. The molecule has 0 fully saturated rings. The molecule has 0 aliphatic rings. The first-order valence-corrected chi connectivity index (χ1v) is 4.73. The monoisotopic (exact) mass is 253 g/mol. The Kier molecular flexibility index (Phi) is 3.81. The fourth-order valence-corrected chi connectivity index (χ4v) is 1.63. The summed E-state index contributed by atoms with van der Waals surface area (Å²) >= 11 is 0. The van der Waals surface area contributed by atoms with Crippen LogP contribution >= 0.6 is 12.4 Å². The fourth-order valence-electron chi connectivity index (χ4n) is 1.63. The maximum atomic E-state index is 11.4. The molecular weight excluding hydrogens is 242 g/mol. The number of carbonyl (C=O) groups is 1. The van der Waals surface area contributed by atoms with Gasteiger partial charge in [-0.1, -0.05) is 24.3 Å². The first-order valence-electron chi connectivity index (χ1n) is 4.73. The average molecular weight is 254 g/mol. The molecular formula is C12H12ClNO3. The number of ether oxygens (including phenoxy) is 1. The van der Waals surface area contributed by atoms with E-state index in [9.17, 15) is 9.90 Å². The maximum absolute atomic E-state index is 11.4. The molecule has 0 unspecified atom stereocenters. The Hall–Kier alpha value is -1.94. The smallest absolute Gasteiger partial charge is 0.341 e. The number of hydrogen-bond acceptors (Lipinski definition) is 4. The van der Waals surface area contributed by atoms with E-state index in [0.717, 1.165) is 5.39 Å². The zero-order valence-corrected chi connectivity index (χ0v) is 9.95. The number of anilines is 1. The molecule has 0 heterocycles. The Morgan fingerprint density at radius 1 is 1.35 bits per heavy atom. The molecule has 0 atom stereocenters. The Balaban J connectivity index is 0.00000144. The standard InChI is InChI=1S/C12H11NO3.ClH/c1-16-12(15)9-6-7-4-2-3-5-8(7)10(13)11(9)14;/h2-6,14H,13H2,1H3;1H.